The molecule has 6 heteroatoms. The first-order valence-electron chi connectivity index (χ1n) is 26.7. The van der Waals surface area contributed by atoms with Crippen molar-refractivity contribution in [2.45, 2.75) is 226 Å². The molecule has 0 heterocycles. The number of carbonyl (C=O) groups is 3. The molecule has 6 nitrogen and oxygen atoms in total. The Bertz CT molecular complexity index is 1420. The molecule has 0 amide bonds. The van der Waals surface area contributed by atoms with E-state index < -0.39 is 6.10 Å². The Balaban J connectivity index is 4.52. The third-order valence-corrected chi connectivity index (χ3v) is 11.0. The molecule has 0 N–H and O–H groups in total. The van der Waals surface area contributed by atoms with E-state index in [1.54, 1.807) is 0 Å². The molecular formula is C60H96O6. The number of esters is 3. The summed E-state index contributed by atoms with van der Waals surface area (Å²) in [6.07, 6.45) is 73.2. The van der Waals surface area contributed by atoms with Crippen LogP contribution in [0.1, 0.15) is 220 Å². The van der Waals surface area contributed by atoms with E-state index in [9.17, 15) is 14.4 Å². The zero-order chi connectivity index (χ0) is 47.9. The Kier molecular flexibility index (Phi) is 50.0. The monoisotopic (exact) mass is 913 g/mol. The molecule has 0 saturated carbocycles. The fraction of sp³-hybridized carbons (Fsp3) is 0.617. The van der Waals surface area contributed by atoms with Gasteiger partial charge in [-0.3, -0.25) is 14.4 Å². The molecule has 0 radical (unpaired) electrons. The number of hydrogen-bond donors (Lipinski definition) is 0. The molecule has 1 atom stereocenters. The molecule has 0 saturated heterocycles. The third kappa shape index (κ3) is 50.8. The van der Waals surface area contributed by atoms with Gasteiger partial charge in [0.25, 0.3) is 0 Å². The lowest BCUT2D eigenvalue weighted by molar-refractivity contribution is -0.167. The smallest absolute Gasteiger partial charge is 0.306 e. The van der Waals surface area contributed by atoms with Crippen LogP contribution in [0, 0.1) is 0 Å². The molecule has 0 fully saturated rings. The minimum absolute atomic E-state index is 0.0995. The van der Waals surface area contributed by atoms with Crippen molar-refractivity contribution in [3.63, 3.8) is 0 Å². The summed E-state index contributed by atoms with van der Waals surface area (Å²) in [4.78, 5) is 38.1. The summed E-state index contributed by atoms with van der Waals surface area (Å²) in [7, 11) is 0. The molecular weight excluding hydrogens is 817 g/mol. The van der Waals surface area contributed by atoms with Crippen molar-refractivity contribution >= 4 is 17.9 Å². The highest BCUT2D eigenvalue weighted by atomic mass is 16.6. The van der Waals surface area contributed by atoms with E-state index in [1.165, 1.54) is 89.9 Å². The molecule has 66 heavy (non-hydrogen) atoms. The van der Waals surface area contributed by atoms with Crippen molar-refractivity contribution in [1.82, 2.24) is 0 Å². The second kappa shape index (κ2) is 53.4. The molecule has 0 aliphatic carbocycles. The van der Waals surface area contributed by atoms with Crippen LogP contribution in [0.15, 0.2) is 122 Å². The van der Waals surface area contributed by atoms with Crippen LogP contribution in [-0.4, -0.2) is 37.2 Å². The molecule has 0 aromatic rings. The minimum Gasteiger partial charge on any atom is -0.462 e. The molecule has 372 valence electrons. The second-order valence-electron chi connectivity index (χ2n) is 17.3. The van der Waals surface area contributed by atoms with Gasteiger partial charge in [0.2, 0.25) is 0 Å². The third-order valence-electron chi connectivity index (χ3n) is 11.0. The highest BCUT2D eigenvalue weighted by Crippen LogP contribution is 2.15. The van der Waals surface area contributed by atoms with Gasteiger partial charge in [-0.15, -0.1) is 0 Å². The molecule has 0 aliphatic heterocycles. The Labute approximate surface area is 405 Å². The number of allylic oxidation sites excluding steroid dienone is 20. The van der Waals surface area contributed by atoms with Gasteiger partial charge in [0.05, 0.1) is 0 Å². The van der Waals surface area contributed by atoms with Gasteiger partial charge < -0.3 is 14.2 Å². The molecule has 1 unspecified atom stereocenters. The SMILES string of the molecule is CC\C=C/C=C\C=C/C=C\C=C\C=C/C=C\CCCCCC(=O)OCC(COC(=O)CCCCCCCCCCCCCCCC)OC(=O)CCCCCCCCC\C=C/C=C\C=C/CC. The summed E-state index contributed by atoms with van der Waals surface area (Å²) >= 11 is 0. The summed E-state index contributed by atoms with van der Waals surface area (Å²) in [6.45, 7) is 6.31. The maximum atomic E-state index is 12.8. The van der Waals surface area contributed by atoms with Crippen LogP contribution >= 0.6 is 0 Å². The van der Waals surface area contributed by atoms with E-state index >= 15 is 0 Å². The zero-order valence-electron chi connectivity index (χ0n) is 42.4. The quantitative estimate of drug-likeness (QED) is 0.0262. The highest BCUT2D eigenvalue weighted by molar-refractivity contribution is 5.71. The Hall–Kier alpha value is -4.19. The number of carbonyl (C=O) groups excluding carboxylic acids is 3. The maximum absolute atomic E-state index is 12.8. The van der Waals surface area contributed by atoms with Crippen LogP contribution in [0.25, 0.3) is 0 Å². The normalized spacial score (nSPS) is 13.1. The van der Waals surface area contributed by atoms with Crippen LogP contribution in [0.4, 0.5) is 0 Å². The maximum Gasteiger partial charge on any atom is 0.306 e. The van der Waals surface area contributed by atoms with Crippen molar-refractivity contribution < 1.29 is 28.6 Å². The predicted molar refractivity (Wildman–Crippen MR) is 283 cm³/mol. The van der Waals surface area contributed by atoms with Crippen molar-refractivity contribution in [3.05, 3.63) is 122 Å². The average molecular weight is 913 g/mol. The predicted octanol–water partition coefficient (Wildman–Crippen LogP) is 17.7. The Morgan fingerprint density at radius 3 is 0.939 bits per heavy atom. The first-order valence-corrected chi connectivity index (χ1v) is 26.7. The summed E-state index contributed by atoms with van der Waals surface area (Å²) in [5.41, 5.74) is 0. The standard InChI is InChI=1S/C60H96O6/c1-4-7-10-13-16-19-22-25-28-29-30-31-33-35-38-41-44-47-50-53-59(62)65-56-57(55-64-58(61)52-49-46-43-40-37-34-27-24-21-18-15-12-9-6-3)66-60(63)54-51-48-45-42-39-36-32-26-23-20-17-14-11-8-5-2/h7-8,10-11,13-14,16-17,19-20,22-23,25,28-31,33,35,38,57H,4-6,9,12,15,18,21,24,26-27,32,34,36-37,39-56H2,1-3H3/b10-7-,11-8-,16-13-,17-14-,22-19-,23-20-,28-25-,30-29+,33-31-,38-35-. The largest absolute Gasteiger partial charge is 0.462 e. The van der Waals surface area contributed by atoms with E-state index in [0.717, 1.165) is 89.9 Å². The first kappa shape index (κ1) is 61.8. The van der Waals surface area contributed by atoms with Gasteiger partial charge in [0.15, 0.2) is 6.10 Å². The number of unbranched alkanes of at least 4 members (excludes halogenated alkanes) is 23. The summed E-state index contributed by atoms with van der Waals surface area (Å²) in [5, 5.41) is 0. The molecule has 0 aromatic carbocycles. The average Bonchev–Trinajstić information content (AvgIpc) is 3.31. The summed E-state index contributed by atoms with van der Waals surface area (Å²) < 4.78 is 16.8. The molecule has 0 aromatic heterocycles. The number of hydrogen-bond acceptors (Lipinski definition) is 6. The number of rotatable bonds is 46. The summed E-state index contributed by atoms with van der Waals surface area (Å²) in [5.74, 6) is -0.962. The van der Waals surface area contributed by atoms with Gasteiger partial charge in [0.1, 0.15) is 13.2 Å². The van der Waals surface area contributed by atoms with E-state index in [2.05, 4.69) is 69.4 Å². The van der Waals surface area contributed by atoms with Gasteiger partial charge in [-0.1, -0.05) is 264 Å². The van der Waals surface area contributed by atoms with E-state index in [-0.39, 0.29) is 31.1 Å². The van der Waals surface area contributed by atoms with Gasteiger partial charge >= 0.3 is 17.9 Å². The van der Waals surface area contributed by atoms with Gasteiger partial charge in [-0.25, -0.2) is 0 Å². The van der Waals surface area contributed by atoms with Crippen molar-refractivity contribution in [1.29, 1.82) is 0 Å². The van der Waals surface area contributed by atoms with Crippen molar-refractivity contribution in [2.24, 2.45) is 0 Å². The van der Waals surface area contributed by atoms with Crippen LogP contribution in [-0.2, 0) is 28.6 Å². The highest BCUT2D eigenvalue weighted by Gasteiger charge is 2.19. The molecule has 0 spiro atoms. The van der Waals surface area contributed by atoms with E-state index in [4.69, 9.17) is 14.2 Å². The zero-order valence-corrected chi connectivity index (χ0v) is 42.4. The number of ether oxygens (including phenoxy) is 3. The molecule has 0 bridgehead atoms. The first-order chi connectivity index (χ1) is 32.5. The molecule has 0 aliphatic rings. The summed E-state index contributed by atoms with van der Waals surface area (Å²) in [6, 6.07) is 0. The van der Waals surface area contributed by atoms with Crippen LogP contribution in [0.3, 0.4) is 0 Å². The van der Waals surface area contributed by atoms with Gasteiger partial charge in [-0.05, 0) is 57.8 Å². The van der Waals surface area contributed by atoms with Crippen molar-refractivity contribution in [2.75, 3.05) is 13.2 Å². The lowest BCUT2D eigenvalue weighted by atomic mass is 10.0. The fourth-order valence-electron chi connectivity index (χ4n) is 7.01. The molecule has 0 rings (SSSR count). The fourth-order valence-corrected chi connectivity index (χ4v) is 7.01. The van der Waals surface area contributed by atoms with Crippen LogP contribution in [0.5, 0.6) is 0 Å². The Morgan fingerprint density at radius 2 is 0.591 bits per heavy atom. The van der Waals surface area contributed by atoms with E-state index in [1.807, 2.05) is 72.9 Å². The van der Waals surface area contributed by atoms with Crippen LogP contribution < -0.4 is 0 Å². The lowest BCUT2D eigenvalue weighted by Crippen LogP contribution is -2.30. The van der Waals surface area contributed by atoms with Gasteiger partial charge in [0, 0.05) is 19.3 Å². The van der Waals surface area contributed by atoms with Gasteiger partial charge in [-0.2, -0.15) is 0 Å². The topological polar surface area (TPSA) is 78.9 Å². The lowest BCUT2D eigenvalue weighted by Gasteiger charge is -2.18. The Morgan fingerprint density at radius 1 is 0.318 bits per heavy atom. The van der Waals surface area contributed by atoms with Crippen molar-refractivity contribution in [3.8, 4) is 0 Å². The van der Waals surface area contributed by atoms with E-state index in [0.29, 0.717) is 19.3 Å². The van der Waals surface area contributed by atoms with Crippen LogP contribution in [0.2, 0.25) is 0 Å². The minimum atomic E-state index is -0.805. The second-order valence-corrected chi connectivity index (χ2v) is 17.3.